The summed E-state index contributed by atoms with van der Waals surface area (Å²) in [5, 5.41) is 8.01. The molecule has 0 aromatic carbocycles. The monoisotopic (exact) mass is 147 g/mol. The van der Waals surface area contributed by atoms with E-state index >= 15 is 0 Å². The predicted octanol–water partition coefficient (Wildman–Crippen LogP) is 2.73. The fourth-order valence-corrected chi connectivity index (χ4v) is 0.730. The van der Waals surface area contributed by atoms with Gasteiger partial charge in [0.15, 0.2) is 0 Å². The smallest absolute Gasteiger partial charge is 0.207 e. The molecular formula is C7H11F2N. The summed E-state index contributed by atoms with van der Waals surface area (Å²) in [6.45, 7) is 1.71. The first-order valence-electron chi connectivity index (χ1n) is 3.37. The molecule has 0 N–H and O–H groups in total. The Labute approximate surface area is 59.7 Å². The number of nitriles is 1. The summed E-state index contributed by atoms with van der Waals surface area (Å²) in [5.41, 5.74) is 0. The standard InChI is InChI=1S/C7H11F2N/c1-2-4-7(8,9)5-3-6-10/h2-5H2,1H3. The van der Waals surface area contributed by atoms with E-state index < -0.39 is 5.92 Å². The van der Waals surface area contributed by atoms with Crippen LogP contribution in [0, 0.1) is 11.3 Å². The summed E-state index contributed by atoms with van der Waals surface area (Å²) in [6, 6.07) is 1.70. The van der Waals surface area contributed by atoms with Gasteiger partial charge in [-0.1, -0.05) is 13.3 Å². The maximum absolute atomic E-state index is 12.5. The van der Waals surface area contributed by atoms with Gasteiger partial charge in [0.25, 0.3) is 0 Å². The number of hydrogen-bond acceptors (Lipinski definition) is 1. The van der Waals surface area contributed by atoms with E-state index in [1.165, 1.54) is 0 Å². The molecule has 0 aromatic rings. The highest BCUT2D eigenvalue weighted by Gasteiger charge is 2.26. The van der Waals surface area contributed by atoms with Crippen LogP contribution in [0.1, 0.15) is 32.6 Å². The molecule has 0 amide bonds. The van der Waals surface area contributed by atoms with E-state index in [0.29, 0.717) is 6.42 Å². The van der Waals surface area contributed by atoms with E-state index in [0.717, 1.165) is 0 Å². The van der Waals surface area contributed by atoms with Crippen LogP contribution in [0.3, 0.4) is 0 Å². The van der Waals surface area contributed by atoms with Gasteiger partial charge in [0.1, 0.15) is 0 Å². The predicted molar refractivity (Wildman–Crippen MR) is 34.7 cm³/mol. The van der Waals surface area contributed by atoms with Crippen molar-refractivity contribution in [3.05, 3.63) is 0 Å². The fraction of sp³-hybridized carbons (Fsp3) is 0.857. The van der Waals surface area contributed by atoms with Crippen molar-refractivity contribution in [2.45, 2.75) is 38.5 Å². The Morgan fingerprint density at radius 1 is 1.40 bits per heavy atom. The minimum Gasteiger partial charge on any atom is -0.207 e. The molecule has 0 spiro atoms. The van der Waals surface area contributed by atoms with E-state index in [4.69, 9.17) is 5.26 Å². The van der Waals surface area contributed by atoms with Crippen molar-refractivity contribution in [3.8, 4) is 6.07 Å². The molecule has 0 bridgehead atoms. The van der Waals surface area contributed by atoms with E-state index in [9.17, 15) is 8.78 Å². The number of nitrogens with zero attached hydrogens (tertiary/aromatic N) is 1. The first kappa shape index (κ1) is 9.35. The number of hydrogen-bond donors (Lipinski definition) is 0. The largest absolute Gasteiger partial charge is 0.249 e. The first-order valence-corrected chi connectivity index (χ1v) is 3.37. The molecule has 0 aliphatic carbocycles. The van der Waals surface area contributed by atoms with Gasteiger partial charge in [0.2, 0.25) is 5.92 Å². The molecule has 0 rings (SSSR count). The minimum atomic E-state index is -2.62. The average molecular weight is 147 g/mol. The topological polar surface area (TPSA) is 23.8 Å². The second-order valence-corrected chi connectivity index (χ2v) is 2.26. The Hall–Kier alpha value is -0.650. The third kappa shape index (κ3) is 4.25. The summed E-state index contributed by atoms with van der Waals surface area (Å²) in [5.74, 6) is -2.62. The third-order valence-electron chi connectivity index (χ3n) is 1.22. The summed E-state index contributed by atoms with van der Waals surface area (Å²) in [4.78, 5) is 0. The van der Waals surface area contributed by atoms with Crippen LogP contribution in [0.15, 0.2) is 0 Å². The Morgan fingerprint density at radius 3 is 2.40 bits per heavy atom. The van der Waals surface area contributed by atoms with Crippen molar-refractivity contribution in [2.75, 3.05) is 0 Å². The van der Waals surface area contributed by atoms with Gasteiger partial charge in [0, 0.05) is 19.3 Å². The van der Waals surface area contributed by atoms with Crippen molar-refractivity contribution >= 4 is 0 Å². The van der Waals surface area contributed by atoms with Gasteiger partial charge in [-0.15, -0.1) is 0 Å². The SMILES string of the molecule is CCCC(F)(F)CCC#N. The molecule has 3 heteroatoms. The highest BCUT2D eigenvalue weighted by molar-refractivity contribution is 4.75. The van der Waals surface area contributed by atoms with Gasteiger partial charge in [0.05, 0.1) is 6.07 Å². The lowest BCUT2D eigenvalue weighted by atomic mass is 10.1. The van der Waals surface area contributed by atoms with Gasteiger partial charge in [-0.2, -0.15) is 5.26 Å². The molecule has 0 fully saturated rings. The maximum atomic E-state index is 12.5. The van der Waals surface area contributed by atoms with Crippen LogP contribution in [0.4, 0.5) is 8.78 Å². The van der Waals surface area contributed by atoms with Crippen LogP contribution in [-0.2, 0) is 0 Å². The molecule has 0 aromatic heterocycles. The highest BCUT2D eigenvalue weighted by Crippen LogP contribution is 2.25. The fourth-order valence-electron chi connectivity index (χ4n) is 0.730. The Balaban J connectivity index is 3.54. The lowest BCUT2D eigenvalue weighted by Crippen LogP contribution is -2.14. The van der Waals surface area contributed by atoms with E-state index in [1.54, 1.807) is 13.0 Å². The van der Waals surface area contributed by atoms with Crippen LogP contribution in [0.25, 0.3) is 0 Å². The molecule has 1 nitrogen and oxygen atoms in total. The Bertz CT molecular complexity index is 126. The molecule has 0 atom stereocenters. The maximum Gasteiger partial charge on any atom is 0.249 e. The zero-order valence-corrected chi connectivity index (χ0v) is 6.03. The highest BCUT2D eigenvalue weighted by atomic mass is 19.3. The first-order chi connectivity index (χ1) is 4.62. The quantitative estimate of drug-likeness (QED) is 0.599. The zero-order valence-electron chi connectivity index (χ0n) is 6.03. The van der Waals surface area contributed by atoms with Crippen molar-refractivity contribution in [2.24, 2.45) is 0 Å². The van der Waals surface area contributed by atoms with Gasteiger partial charge < -0.3 is 0 Å². The summed E-state index contributed by atoms with van der Waals surface area (Å²) in [6.07, 6.45) is 0.0252. The Kier molecular flexibility index (Phi) is 3.94. The lowest BCUT2D eigenvalue weighted by Gasteiger charge is -2.12. The number of rotatable bonds is 4. The molecule has 10 heavy (non-hydrogen) atoms. The van der Waals surface area contributed by atoms with Gasteiger partial charge in [-0.05, 0) is 0 Å². The molecular weight excluding hydrogens is 136 g/mol. The number of halogens is 2. The van der Waals surface area contributed by atoms with E-state index in [-0.39, 0.29) is 19.3 Å². The molecule has 0 aliphatic rings. The van der Waals surface area contributed by atoms with Crippen molar-refractivity contribution < 1.29 is 8.78 Å². The molecule has 0 heterocycles. The van der Waals surface area contributed by atoms with Crippen molar-refractivity contribution in [1.82, 2.24) is 0 Å². The van der Waals surface area contributed by atoms with Gasteiger partial charge in [-0.3, -0.25) is 0 Å². The Morgan fingerprint density at radius 2 is 2.00 bits per heavy atom. The van der Waals surface area contributed by atoms with Gasteiger partial charge in [-0.25, -0.2) is 8.78 Å². The summed E-state index contributed by atoms with van der Waals surface area (Å²) >= 11 is 0. The third-order valence-corrected chi connectivity index (χ3v) is 1.22. The molecule has 0 unspecified atom stereocenters. The molecule has 58 valence electrons. The van der Waals surface area contributed by atoms with Crippen LogP contribution in [0.5, 0.6) is 0 Å². The molecule has 0 aliphatic heterocycles. The second-order valence-electron chi connectivity index (χ2n) is 2.26. The molecule has 0 saturated carbocycles. The van der Waals surface area contributed by atoms with Crippen LogP contribution < -0.4 is 0 Å². The average Bonchev–Trinajstić information content (AvgIpc) is 1.84. The van der Waals surface area contributed by atoms with E-state index in [1.807, 2.05) is 0 Å². The molecule has 0 saturated heterocycles. The normalized spacial score (nSPS) is 11.0. The van der Waals surface area contributed by atoms with Crippen LogP contribution in [0.2, 0.25) is 0 Å². The lowest BCUT2D eigenvalue weighted by molar-refractivity contribution is -0.0153. The second kappa shape index (κ2) is 4.21. The minimum absolute atomic E-state index is 0.0486. The van der Waals surface area contributed by atoms with Crippen molar-refractivity contribution in [1.29, 1.82) is 5.26 Å². The summed E-state index contributed by atoms with van der Waals surface area (Å²) in [7, 11) is 0. The molecule has 0 radical (unpaired) electrons. The van der Waals surface area contributed by atoms with Crippen LogP contribution in [-0.4, -0.2) is 5.92 Å². The van der Waals surface area contributed by atoms with Gasteiger partial charge >= 0.3 is 0 Å². The van der Waals surface area contributed by atoms with Crippen molar-refractivity contribution in [3.63, 3.8) is 0 Å². The van der Waals surface area contributed by atoms with Crippen LogP contribution >= 0.6 is 0 Å². The summed E-state index contributed by atoms with van der Waals surface area (Å²) < 4.78 is 24.9. The zero-order chi connectivity index (χ0) is 8.04. The number of alkyl halides is 2. The van der Waals surface area contributed by atoms with E-state index in [2.05, 4.69) is 0 Å².